The van der Waals surface area contributed by atoms with Crippen molar-refractivity contribution in [3.05, 3.63) is 47.3 Å². The van der Waals surface area contributed by atoms with Gasteiger partial charge in [0, 0.05) is 13.6 Å². The van der Waals surface area contributed by atoms with Crippen molar-refractivity contribution < 1.29 is 9.53 Å². The van der Waals surface area contributed by atoms with E-state index in [2.05, 4.69) is 10.4 Å². The van der Waals surface area contributed by atoms with Crippen molar-refractivity contribution in [1.29, 1.82) is 0 Å². The zero-order valence-corrected chi connectivity index (χ0v) is 15.1. The van der Waals surface area contributed by atoms with Crippen LogP contribution in [0.15, 0.2) is 30.3 Å². The summed E-state index contributed by atoms with van der Waals surface area (Å²) in [5, 5.41) is 7.28. The number of nitrogens with zero attached hydrogens (tertiary/aromatic N) is 2. The fourth-order valence-electron chi connectivity index (χ4n) is 3.32. The first-order chi connectivity index (χ1) is 12.2. The molecule has 1 amide bonds. The van der Waals surface area contributed by atoms with Gasteiger partial charge in [-0.05, 0) is 48.9 Å². The molecule has 0 bridgehead atoms. The zero-order chi connectivity index (χ0) is 17.6. The van der Waals surface area contributed by atoms with E-state index in [1.54, 1.807) is 11.7 Å². The number of carbonyl (C=O) groups is 1. The van der Waals surface area contributed by atoms with Crippen molar-refractivity contribution in [3.63, 3.8) is 0 Å². The first-order valence-electron chi connectivity index (χ1n) is 9.18. The average molecular weight is 341 g/mol. The summed E-state index contributed by atoms with van der Waals surface area (Å²) < 4.78 is 7.57. The van der Waals surface area contributed by atoms with E-state index < -0.39 is 0 Å². The van der Waals surface area contributed by atoms with Crippen LogP contribution >= 0.6 is 0 Å². The molecule has 1 aromatic heterocycles. The molecule has 0 radical (unpaired) electrons. The number of hydrogen-bond acceptors (Lipinski definition) is 3. The average Bonchev–Trinajstić information content (AvgIpc) is 3.27. The summed E-state index contributed by atoms with van der Waals surface area (Å²) in [6.07, 6.45) is 6.03. The van der Waals surface area contributed by atoms with Gasteiger partial charge in [-0.3, -0.25) is 9.48 Å². The van der Waals surface area contributed by atoms with Gasteiger partial charge in [-0.15, -0.1) is 0 Å². The Kier molecular flexibility index (Phi) is 5.74. The van der Waals surface area contributed by atoms with E-state index in [0.29, 0.717) is 18.2 Å². The molecule has 5 nitrogen and oxygen atoms in total. The molecule has 0 spiro atoms. The van der Waals surface area contributed by atoms with Crippen LogP contribution in [-0.2, 0) is 20.0 Å². The normalized spacial score (nSPS) is 14.6. The van der Waals surface area contributed by atoms with Crippen LogP contribution in [-0.4, -0.2) is 22.3 Å². The van der Waals surface area contributed by atoms with Gasteiger partial charge in [-0.25, -0.2) is 0 Å². The Bertz CT molecular complexity index is 717. The number of aryl methyl sites for hydroxylation is 2. The highest BCUT2D eigenvalue weighted by atomic mass is 16.5. The van der Waals surface area contributed by atoms with E-state index >= 15 is 0 Å². The molecule has 0 atom stereocenters. The van der Waals surface area contributed by atoms with E-state index in [9.17, 15) is 4.79 Å². The number of hydrogen-bond donors (Lipinski definition) is 1. The lowest BCUT2D eigenvalue weighted by Crippen LogP contribution is -2.25. The summed E-state index contributed by atoms with van der Waals surface area (Å²) in [5.74, 6) is 1.47. The predicted octanol–water partition coefficient (Wildman–Crippen LogP) is 3.48. The van der Waals surface area contributed by atoms with Gasteiger partial charge >= 0.3 is 0 Å². The standard InChI is InChI=1S/C20H27N3O2/c1-3-17-12-19(23(2)22-17)20(24)21-13-16-9-6-10-18(11-16)25-14-15-7-4-5-8-15/h6,9-12,15H,3-5,7-8,13-14H2,1-2H3,(H,21,24). The monoisotopic (exact) mass is 341 g/mol. The summed E-state index contributed by atoms with van der Waals surface area (Å²) in [4.78, 5) is 12.3. The van der Waals surface area contributed by atoms with Crippen LogP contribution < -0.4 is 10.1 Å². The Morgan fingerprint density at radius 1 is 1.32 bits per heavy atom. The smallest absolute Gasteiger partial charge is 0.269 e. The molecule has 1 fully saturated rings. The molecule has 2 aromatic rings. The molecule has 1 aliphatic rings. The van der Waals surface area contributed by atoms with Crippen molar-refractivity contribution in [2.75, 3.05) is 6.61 Å². The fraction of sp³-hybridized carbons (Fsp3) is 0.500. The Morgan fingerprint density at radius 3 is 2.84 bits per heavy atom. The van der Waals surface area contributed by atoms with Gasteiger partial charge in [0.05, 0.1) is 12.3 Å². The minimum absolute atomic E-state index is 0.105. The van der Waals surface area contributed by atoms with Crippen LogP contribution in [0.1, 0.15) is 54.4 Å². The molecule has 5 heteroatoms. The lowest BCUT2D eigenvalue weighted by molar-refractivity contribution is 0.0941. The summed E-state index contributed by atoms with van der Waals surface area (Å²) in [6.45, 7) is 3.30. The number of aromatic nitrogens is 2. The van der Waals surface area contributed by atoms with E-state index in [1.807, 2.05) is 37.3 Å². The molecule has 3 rings (SSSR count). The van der Waals surface area contributed by atoms with Gasteiger partial charge in [0.1, 0.15) is 11.4 Å². The van der Waals surface area contributed by atoms with Crippen LogP contribution in [0, 0.1) is 5.92 Å². The maximum absolute atomic E-state index is 12.3. The van der Waals surface area contributed by atoms with E-state index in [0.717, 1.165) is 30.0 Å². The third-order valence-corrected chi connectivity index (χ3v) is 4.84. The van der Waals surface area contributed by atoms with Gasteiger partial charge < -0.3 is 10.1 Å². The Labute approximate surface area is 149 Å². The van der Waals surface area contributed by atoms with E-state index in [1.165, 1.54) is 25.7 Å². The van der Waals surface area contributed by atoms with Gasteiger partial charge in [-0.2, -0.15) is 5.10 Å². The summed E-state index contributed by atoms with van der Waals surface area (Å²) >= 11 is 0. The van der Waals surface area contributed by atoms with Crippen LogP contribution in [0.4, 0.5) is 0 Å². The summed E-state index contributed by atoms with van der Waals surface area (Å²) in [5.41, 5.74) is 2.55. The first-order valence-corrected chi connectivity index (χ1v) is 9.18. The molecule has 1 saturated carbocycles. The molecule has 25 heavy (non-hydrogen) atoms. The van der Waals surface area contributed by atoms with E-state index in [4.69, 9.17) is 4.74 Å². The minimum atomic E-state index is -0.105. The fourth-order valence-corrected chi connectivity index (χ4v) is 3.32. The quantitative estimate of drug-likeness (QED) is 0.839. The van der Waals surface area contributed by atoms with Crippen molar-refractivity contribution in [3.8, 4) is 5.75 Å². The second-order valence-corrected chi connectivity index (χ2v) is 6.79. The maximum atomic E-state index is 12.3. The largest absolute Gasteiger partial charge is 0.493 e. The molecular formula is C20H27N3O2. The molecule has 0 unspecified atom stereocenters. The molecular weight excluding hydrogens is 314 g/mol. The van der Waals surface area contributed by atoms with E-state index in [-0.39, 0.29) is 5.91 Å². The first kappa shape index (κ1) is 17.5. The molecule has 1 N–H and O–H groups in total. The SMILES string of the molecule is CCc1cc(C(=O)NCc2cccc(OCC3CCCC3)c2)n(C)n1. The lowest BCUT2D eigenvalue weighted by Gasteiger charge is -2.12. The molecule has 1 aromatic carbocycles. The molecule has 1 aliphatic carbocycles. The number of benzene rings is 1. The molecule has 134 valence electrons. The Morgan fingerprint density at radius 2 is 2.12 bits per heavy atom. The van der Waals surface area contributed by atoms with Crippen molar-refractivity contribution in [2.45, 2.75) is 45.6 Å². The maximum Gasteiger partial charge on any atom is 0.269 e. The second-order valence-electron chi connectivity index (χ2n) is 6.79. The van der Waals surface area contributed by atoms with Crippen LogP contribution in [0.5, 0.6) is 5.75 Å². The Hall–Kier alpha value is -2.30. The summed E-state index contributed by atoms with van der Waals surface area (Å²) in [7, 11) is 1.80. The lowest BCUT2D eigenvalue weighted by atomic mass is 10.1. The van der Waals surface area contributed by atoms with Gasteiger partial charge in [0.2, 0.25) is 0 Å². The third-order valence-electron chi connectivity index (χ3n) is 4.84. The molecule has 0 saturated heterocycles. The highest BCUT2D eigenvalue weighted by Gasteiger charge is 2.16. The highest BCUT2D eigenvalue weighted by molar-refractivity contribution is 5.92. The van der Waals surface area contributed by atoms with Gasteiger partial charge in [0.25, 0.3) is 5.91 Å². The van der Waals surface area contributed by atoms with Crippen LogP contribution in [0.25, 0.3) is 0 Å². The van der Waals surface area contributed by atoms with Gasteiger partial charge in [0.15, 0.2) is 0 Å². The summed E-state index contributed by atoms with van der Waals surface area (Å²) in [6, 6.07) is 9.81. The zero-order valence-electron chi connectivity index (χ0n) is 15.1. The minimum Gasteiger partial charge on any atom is -0.493 e. The number of rotatable bonds is 7. The van der Waals surface area contributed by atoms with Crippen LogP contribution in [0.2, 0.25) is 0 Å². The Balaban J connectivity index is 1.54. The number of nitrogens with one attached hydrogen (secondary N) is 1. The number of amides is 1. The third kappa shape index (κ3) is 4.62. The van der Waals surface area contributed by atoms with Crippen molar-refractivity contribution >= 4 is 5.91 Å². The predicted molar refractivity (Wildman–Crippen MR) is 97.7 cm³/mol. The van der Waals surface area contributed by atoms with Gasteiger partial charge in [-0.1, -0.05) is 31.9 Å². The second kappa shape index (κ2) is 8.19. The van der Waals surface area contributed by atoms with Crippen molar-refractivity contribution in [2.24, 2.45) is 13.0 Å². The molecule has 0 aliphatic heterocycles. The molecule has 1 heterocycles. The highest BCUT2D eigenvalue weighted by Crippen LogP contribution is 2.25. The topological polar surface area (TPSA) is 56.1 Å². The van der Waals surface area contributed by atoms with Crippen molar-refractivity contribution in [1.82, 2.24) is 15.1 Å². The number of carbonyl (C=O) groups excluding carboxylic acids is 1. The number of ether oxygens (including phenoxy) is 1. The van der Waals surface area contributed by atoms with Crippen LogP contribution in [0.3, 0.4) is 0 Å².